The van der Waals surface area contributed by atoms with Crippen LogP contribution in [0.25, 0.3) is 16.3 Å². The molecule has 3 rings (SSSR count). The minimum Gasteiger partial charge on any atom is -0.345 e. The highest BCUT2D eigenvalue weighted by molar-refractivity contribution is 8.93. The Morgan fingerprint density at radius 2 is 1.55 bits per heavy atom. The van der Waals surface area contributed by atoms with Gasteiger partial charge in [0, 0.05) is 23.3 Å². The third-order valence-electron chi connectivity index (χ3n) is 3.93. The first-order chi connectivity index (χ1) is 9.09. The van der Waals surface area contributed by atoms with Crippen molar-refractivity contribution in [2.24, 2.45) is 5.92 Å². The normalized spacial score (nSPS) is 13.7. The Kier molecular flexibility index (Phi) is 4.24. The van der Waals surface area contributed by atoms with Crippen molar-refractivity contribution in [1.82, 2.24) is 0 Å². The van der Waals surface area contributed by atoms with E-state index >= 15 is 0 Å². The van der Waals surface area contributed by atoms with E-state index in [-0.39, 0.29) is 17.0 Å². The Bertz CT molecular complexity index is 650. The number of anilines is 1. The molecule has 1 aliphatic heterocycles. The van der Waals surface area contributed by atoms with Crippen LogP contribution in [0, 0.1) is 5.92 Å². The highest BCUT2D eigenvalue weighted by Gasteiger charge is 2.22. The molecule has 0 N–H and O–H groups in total. The van der Waals surface area contributed by atoms with Crippen LogP contribution in [0.1, 0.15) is 33.3 Å². The zero-order chi connectivity index (χ0) is 13.6. The minimum absolute atomic E-state index is 0. The molecule has 0 aromatic heterocycles. The third-order valence-corrected chi connectivity index (χ3v) is 3.93. The molecule has 0 amide bonds. The fourth-order valence-corrected chi connectivity index (χ4v) is 2.95. The molecule has 20 heavy (non-hydrogen) atoms. The number of nitrogens with zero attached hydrogens (tertiary/aromatic N) is 1. The molecule has 0 unspecified atom stereocenters. The van der Waals surface area contributed by atoms with Gasteiger partial charge >= 0.3 is 0 Å². The van der Waals surface area contributed by atoms with Crippen molar-refractivity contribution in [3.63, 3.8) is 0 Å². The molecule has 106 valence electrons. The fraction of sp³-hybridized carbons (Fsp3) is 0.333. The number of benzene rings is 2. The lowest BCUT2D eigenvalue weighted by atomic mass is 9.88. The number of hydrogen-bond donors (Lipinski definition) is 0. The van der Waals surface area contributed by atoms with Gasteiger partial charge in [-0.15, -0.1) is 17.0 Å². The summed E-state index contributed by atoms with van der Waals surface area (Å²) in [5.41, 5.74) is 4.19. The van der Waals surface area contributed by atoms with Crippen molar-refractivity contribution in [3.05, 3.63) is 48.2 Å². The molecule has 0 saturated carbocycles. The van der Waals surface area contributed by atoms with Gasteiger partial charge in [0.2, 0.25) is 0 Å². The molecular weight excluding hydrogens is 310 g/mol. The SMILES string of the molecule is Br.CC(C)C1=CN(C(C)C)c2cccc3cccc1c23. The average molecular weight is 332 g/mol. The molecular formula is C18H22BrN. The summed E-state index contributed by atoms with van der Waals surface area (Å²) >= 11 is 0. The summed E-state index contributed by atoms with van der Waals surface area (Å²) in [5.74, 6) is 0.542. The summed E-state index contributed by atoms with van der Waals surface area (Å²) in [6.07, 6.45) is 2.34. The zero-order valence-electron chi connectivity index (χ0n) is 12.6. The molecule has 2 heteroatoms. The minimum atomic E-state index is 0. The molecule has 1 nitrogen and oxygen atoms in total. The van der Waals surface area contributed by atoms with Crippen LogP contribution in [0.5, 0.6) is 0 Å². The van der Waals surface area contributed by atoms with E-state index in [9.17, 15) is 0 Å². The van der Waals surface area contributed by atoms with Crippen LogP contribution in [0.3, 0.4) is 0 Å². The van der Waals surface area contributed by atoms with E-state index < -0.39 is 0 Å². The van der Waals surface area contributed by atoms with E-state index in [4.69, 9.17) is 0 Å². The second kappa shape index (κ2) is 5.61. The third kappa shape index (κ3) is 2.26. The molecule has 2 aromatic rings. The van der Waals surface area contributed by atoms with E-state index in [1.54, 1.807) is 0 Å². The van der Waals surface area contributed by atoms with E-state index in [0.717, 1.165) is 0 Å². The van der Waals surface area contributed by atoms with Gasteiger partial charge in [0.1, 0.15) is 0 Å². The van der Waals surface area contributed by atoms with Gasteiger partial charge in [-0.25, -0.2) is 0 Å². The molecule has 0 bridgehead atoms. The van der Waals surface area contributed by atoms with Crippen LogP contribution < -0.4 is 4.90 Å². The Hall–Kier alpha value is -1.28. The standard InChI is InChI=1S/C18H21N.BrH/c1-12(2)16-11-19(13(3)4)17-10-6-8-14-7-5-9-15(16)18(14)17;/h5-13H,1-4H3;1H. The topological polar surface area (TPSA) is 3.24 Å². The first-order valence-electron chi connectivity index (χ1n) is 7.11. The van der Waals surface area contributed by atoms with E-state index in [1.807, 2.05) is 0 Å². The van der Waals surface area contributed by atoms with Crippen molar-refractivity contribution in [2.45, 2.75) is 33.7 Å². The summed E-state index contributed by atoms with van der Waals surface area (Å²) in [6, 6.07) is 13.7. The lowest BCUT2D eigenvalue weighted by Gasteiger charge is -2.33. The second-order valence-electron chi connectivity index (χ2n) is 5.92. The van der Waals surface area contributed by atoms with E-state index in [2.05, 4.69) is 75.2 Å². The van der Waals surface area contributed by atoms with E-state index in [0.29, 0.717) is 12.0 Å². The maximum absolute atomic E-state index is 2.41. The first-order valence-corrected chi connectivity index (χ1v) is 7.11. The Morgan fingerprint density at radius 1 is 0.900 bits per heavy atom. The maximum atomic E-state index is 2.41. The van der Waals surface area contributed by atoms with Crippen LogP contribution in [0.2, 0.25) is 0 Å². The van der Waals surface area contributed by atoms with E-state index in [1.165, 1.54) is 27.6 Å². The number of halogens is 1. The molecule has 0 aliphatic carbocycles. The number of rotatable bonds is 2. The van der Waals surface area contributed by atoms with Gasteiger partial charge in [-0.2, -0.15) is 0 Å². The van der Waals surface area contributed by atoms with Crippen molar-refractivity contribution in [1.29, 1.82) is 0 Å². The average Bonchev–Trinajstić information content (AvgIpc) is 2.39. The molecule has 0 saturated heterocycles. The molecule has 0 atom stereocenters. The van der Waals surface area contributed by atoms with Gasteiger partial charge in [-0.05, 0) is 42.4 Å². The fourth-order valence-electron chi connectivity index (χ4n) is 2.95. The molecule has 0 spiro atoms. The molecule has 0 fully saturated rings. The monoisotopic (exact) mass is 331 g/mol. The smallest absolute Gasteiger partial charge is 0.0494 e. The van der Waals surface area contributed by atoms with Crippen molar-refractivity contribution >= 4 is 39.0 Å². The first kappa shape index (κ1) is 15.1. The Morgan fingerprint density at radius 3 is 2.15 bits per heavy atom. The quantitative estimate of drug-likeness (QED) is 0.687. The van der Waals surface area contributed by atoms with Crippen LogP contribution in [-0.4, -0.2) is 6.04 Å². The molecule has 1 heterocycles. The highest BCUT2D eigenvalue weighted by Crippen LogP contribution is 2.41. The summed E-state index contributed by atoms with van der Waals surface area (Å²) < 4.78 is 0. The van der Waals surface area contributed by atoms with Gasteiger partial charge in [0.15, 0.2) is 0 Å². The maximum Gasteiger partial charge on any atom is 0.0494 e. The summed E-state index contributed by atoms with van der Waals surface area (Å²) in [5, 5.41) is 2.75. The summed E-state index contributed by atoms with van der Waals surface area (Å²) in [6.45, 7) is 9.05. The van der Waals surface area contributed by atoms with Gasteiger partial charge in [0.25, 0.3) is 0 Å². The Labute approximate surface area is 132 Å². The zero-order valence-corrected chi connectivity index (χ0v) is 14.3. The Balaban J connectivity index is 0.00000147. The van der Waals surface area contributed by atoms with Crippen LogP contribution in [0.4, 0.5) is 5.69 Å². The largest absolute Gasteiger partial charge is 0.345 e. The second-order valence-corrected chi connectivity index (χ2v) is 5.92. The van der Waals surface area contributed by atoms with Crippen molar-refractivity contribution in [3.8, 4) is 0 Å². The molecule has 0 radical (unpaired) electrons. The number of allylic oxidation sites excluding steroid dienone is 1. The van der Waals surface area contributed by atoms with Gasteiger partial charge in [-0.3, -0.25) is 0 Å². The van der Waals surface area contributed by atoms with Crippen LogP contribution >= 0.6 is 17.0 Å². The van der Waals surface area contributed by atoms with Gasteiger partial charge < -0.3 is 4.90 Å². The number of hydrogen-bond acceptors (Lipinski definition) is 1. The van der Waals surface area contributed by atoms with Gasteiger partial charge in [-0.1, -0.05) is 44.2 Å². The van der Waals surface area contributed by atoms with Crippen molar-refractivity contribution in [2.75, 3.05) is 4.90 Å². The molecule has 2 aromatic carbocycles. The lowest BCUT2D eigenvalue weighted by Crippen LogP contribution is -2.28. The lowest BCUT2D eigenvalue weighted by molar-refractivity contribution is 0.770. The predicted molar refractivity (Wildman–Crippen MR) is 94.7 cm³/mol. The van der Waals surface area contributed by atoms with Crippen LogP contribution in [0.15, 0.2) is 42.6 Å². The molecule has 1 aliphatic rings. The summed E-state index contributed by atoms with van der Waals surface area (Å²) in [4.78, 5) is 2.41. The van der Waals surface area contributed by atoms with Crippen molar-refractivity contribution < 1.29 is 0 Å². The highest BCUT2D eigenvalue weighted by atomic mass is 79.9. The predicted octanol–water partition coefficient (Wildman–Crippen LogP) is 5.64. The van der Waals surface area contributed by atoms with Crippen LogP contribution in [-0.2, 0) is 0 Å². The van der Waals surface area contributed by atoms with Gasteiger partial charge in [0.05, 0.1) is 0 Å². The summed E-state index contributed by atoms with van der Waals surface area (Å²) in [7, 11) is 0.